The topological polar surface area (TPSA) is 43.8 Å². The fraction of sp³-hybridized carbons (Fsp3) is 0.250. The van der Waals surface area contributed by atoms with Crippen LogP contribution in [0.15, 0.2) is 30.5 Å². The van der Waals surface area contributed by atoms with E-state index in [4.69, 9.17) is 5.73 Å². The highest BCUT2D eigenvalue weighted by Gasteiger charge is 2.11. The Hall–Kier alpha value is -1.39. The summed E-state index contributed by atoms with van der Waals surface area (Å²) in [6, 6.07) is 6.27. The third-order valence-corrected chi connectivity index (χ3v) is 2.59. The normalized spacial score (nSPS) is 12.0. The maximum Gasteiger partial charge on any atom is 0.125 e. The number of benzene rings is 1. The van der Waals surface area contributed by atoms with Gasteiger partial charge < -0.3 is 5.73 Å². The molecule has 1 heterocycles. The van der Waals surface area contributed by atoms with Crippen molar-refractivity contribution < 1.29 is 4.39 Å². The lowest BCUT2D eigenvalue weighted by atomic mass is 10.1. The van der Waals surface area contributed by atoms with E-state index in [1.165, 1.54) is 12.1 Å². The van der Waals surface area contributed by atoms with Crippen LogP contribution in [0.25, 0.3) is 5.69 Å². The number of nitrogens with two attached hydrogens (primary N) is 1. The van der Waals surface area contributed by atoms with Crippen molar-refractivity contribution in [1.29, 1.82) is 0 Å². The lowest BCUT2D eigenvalue weighted by Gasteiger charge is -2.07. The number of halogens is 2. The molecule has 3 nitrogen and oxygen atoms in total. The Morgan fingerprint density at radius 3 is 2.65 bits per heavy atom. The second kappa shape index (κ2) is 5.29. The van der Waals surface area contributed by atoms with Crippen LogP contribution in [0.5, 0.6) is 0 Å². The Balaban J connectivity index is 0.00000144. The van der Waals surface area contributed by atoms with Gasteiger partial charge in [-0.2, -0.15) is 5.10 Å². The largest absolute Gasteiger partial charge is 0.324 e. The van der Waals surface area contributed by atoms with Crippen molar-refractivity contribution in [2.75, 3.05) is 0 Å². The van der Waals surface area contributed by atoms with Crippen LogP contribution in [0.4, 0.5) is 4.39 Å². The molecule has 2 aromatic rings. The van der Waals surface area contributed by atoms with Gasteiger partial charge in [0.25, 0.3) is 0 Å². The second-order valence-corrected chi connectivity index (χ2v) is 3.87. The summed E-state index contributed by atoms with van der Waals surface area (Å²) in [5.41, 5.74) is 8.44. The summed E-state index contributed by atoms with van der Waals surface area (Å²) in [5, 5.41) is 4.22. The van der Waals surface area contributed by atoms with Crippen LogP contribution in [0.3, 0.4) is 0 Å². The van der Waals surface area contributed by atoms with E-state index in [9.17, 15) is 4.39 Å². The highest BCUT2D eigenvalue weighted by molar-refractivity contribution is 5.85. The smallest absolute Gasteiger partial charge is 0.125 e. The van der Waals surface area contributed by atoms with E-state index in [1.54, 1.807) is 16.9 Å². The molecule has 0 spiro atoms. The first-order valence-corrected chi connectivity index (χ1v) is 5.15. The van der Waals surface area contributed by atoms with Crippen LogP contribution in [0, 0.1) is 12.7 Å². The first-order chi connectivity index (χ1) is 7.59. The van der Waals surface area contributed by atoms with E-state index >= 15 is 0 Å². The van der Waals surface area contributed by atoms with Gasteiger partial charge in [0, 0.05) is 17.3 Å². The van der Waals surface area contributed by atoms with E-state index in [0.29, 0.717) is 5.69 Å². The highest BCUT2D eigenvalue weighted by Crippen LogP contribution is 2.18. The van der Waals surface area contributed by atoms with Gasteiger partial charge in [0.2, 0.25) is 0 Å². The lowest BCUT2D eigenvalue weighted by Crippen LogP contribution is -2.07. The number of aromatic nitrogens is 2. The van der Waals surface area contributed by atoms with Gasteiger partial charge in [0.05, 0.1) is 11.9 Å². The van der Waals surface area contributed by atoms with E-state index < -0.39 is 0 Å². The monoisotopic (exact) mass is 255 g/mol. The zero-order valence-corrected chi connectivity index (χ0v) is 10.5. The maximum absolute atomic E-state index is 13.1. The lowest BCUT2D eigenvalue weighted by molar-refractivity contribution is 0.625. The Kier molecular flexibility index (Phi) is 4.26. The summed E-state index contributed by atoms with van der Waals surface area (Å²) in [5.74, 6) is -0.269. The molecule has 0 fully saturated rings. The van der Waals surface area contributed by atoms with Crippen LogP contribution in [-0.4, -0.2) is 9.78 Å². The maximum atomic E-state index is 13.1. The van der Waals surface area contributed by atoms with Crippen LogP contribution >= 0.6 is 12.4 Å². The van der Waals surface area contributed by atoms with Gasteiger partial charge >= 0.3 is 0 Å². The molecule has 17 heavy (non-hydrogen) atoms. The molecule has 1 unspecified atom stereocenters. The molecule has 0 aliphatic rings. The average molecular weight is 256 g/mol. The van der Waals surface area contributed by atoms with Crippen molar-refractivity contribution in [1.82, 2.24) is 9.78 Å². The third-order valence-electron chi connectivity index (χ3n) is 2.59. The summed E-state index contributed by atoms with van der Waals surface area (Å²) < 4.78 is 14.8. The standard InChI is InChI=1S/C12H14FN3.ClH/c1-8(14)12-7-15-16(9(12)2)11-5-3-4-10(13)6-11;/h3-8H,14H2,1-2H3;1H. The van der Waals surface area contributed by atoms with Gasteiger partial charge in [0.15, 0.2) is 0 Å². The minimum absolute atomic E-state index is 0. The first kappa shape index (κ1) is 13.7. The van der Waals surface area contributed by atoms with Crippen LogP contribution in [0.2, 0.25) is 0 Å². The minimum atomic E-state index is -0.269. The first-order valence-electron chi connectivity index (χ1n) is 5.15. The summed E-state index contributed by atoms with van der Waals surface area (Å²) in [6.45, 7) is 3.83. The number of rotatable bonds is 2. The van der Waals surface area contributed by atoms with Gasteiger partial charge in [-0.1, -0.05) is 6.07 Å². The fourth-order valence-corrected chi connectivity index (χ4v) is 1.74. The Morgan fingerprint density at radius 2 is 2.12 bits per heavy atom. The van der Waals surface area contributed by atoms with Crippen LogP contribution < -0.4 is 5.73 Å². The summed E-state index contributed by atoms with van der Waals surface area (Å²) >= 11 is 0. The van der Waals surface area contributed by atoms with E-state index in [1.807, 2.05) is 19.9 Å². The molecule has 0 amide bonds. The summed E-state index contributed by atoms with van der Waals surface area (Å²) in [7, 11) is 0. The molecule has 0 saturated heterocycles. The molecular formula is C12H15ClFN3. The van der Waals surface area contributed by atoms with Crippen molar-refractivity contribution in [2.24, 2.45) is 5.73 Å². The molecule has 1 aromatic carbocycles. The fourth-order valence-electron chi connectivity index (χ4n) is 1.74. The zero-order chi connectivity index (χ0) is 11.7. The van der Waals surface area contributed by atoms with Gasteiger partial charge in [-0.15, -0.1) is 12.4 Å². The molecule has 0 aliphatic heterocycles. The van der Waals surface area contributed by atoms with Crippen molar-refractivity contribution in [3.63, 3.8) is 0 Å². The minimum Gasteiger partial charge on any atom is -0.324 e. The predicted molar refractivity (Wildman–Crippen MR) is 68.1 cm³/mol. The Bertz CT molecular complexity index is 508. The molecule has 0 bridgehead atoms. The molecule has 92 valence electrons. The van der Waals surface area contributed by atoms with Crippen molar-refractivity contribution in [3.05, 3.63) is 47.5 Å². The summed E-state index contributed by atoms with van der Waals surface area (Å²) in [4.78, 5) is 0. The van der Waals surface area contributed by atoms with Gasteiger partial charge in [-0.05, 0) is 32.0 Å². The van der Waals surface area contributed by atoms with E-state index in [-0.39, 0.29) is 24.3 Å². The van der Waals surface area contributed by atoms with Crippen molar-refractivity contribution in [2.45, 2.75) is 19.9 Å². The third kappa shape index (κ3) is 2.65. The van der Waals surface area contributed by atoms with Crippen LogP contribution in [0.1, 0.15) is 24.2 Å². The molecule has 1 atom stereocenters. The van der Waals surface area contributed by atoms with E-state index in [0.717, 1.165) is 11.3 Å². The molecule has 2 N–H and O–H groups in total. The van der Waals surface area contributed by atoms with Crippen LogP contribution in [-0.2, 0) is 0 Å². The second-order valence-electron chi connectivity index (χ2n) is 3.87. The van der Waals surface area contributed by atoms with Crippen molar-refractivity contribution >= 4 is 12.4 Å². The number of hydrogen-bond donors (Lipinski definition) is 1. The number of hydrogen-bond acceptors (Lipinski definition) is 2. The Labute approximate surface area is 106 Å². The average Bonchev–Trinajstić information content (AvgIpc) is 2.60. The predicted octanol–water partition coefficient (Wildman–Crippen LogP) is 2.76. The van der Waals surface area contributed by atoms with Gasteiger partial charge in [0.1, 0.15) is 5.82 Å². The molecule has 1 aromatic heterocycles. The highest BCUT2D eigenvalue weighted by atomic mass is 35.5. The van der Waals surface area contributed by atoms with Gasteiger partial charge in [-0.3, -0.25) is 0 Å². The molecule has 0 aliphatic carbocycles. The number of nitrogens with zero attached hydrogens (tertiary/aromatic N) is 2. The van der Waals surface area contributed by atoms with Gasteiger partial charge in [-0.25, -0.2) is 9.07 Å². The molecule has 0 radical (unpaired) electrons. The molecular weight excluding hydrogens is 241 g/mol. The zero-order valence-electron chi connectivity index (χ0n) is 9.72. The molecule has 2 rings (SSSR count). The Morgan fingerprint density at radius 1 is 1.41 bits per heavy atom. The van der Waals surface area contributed by atoms with E-state index in [2.05, 4.69) is 5.10 Å². The SMILES string of the molecule is Cc1c(C(C)N)cnn1-c1cccc(F)c1.Cl. The quantitative estimate of drug-likeness (QED) is 0.897. The molecule has 0 saturated carbocycles. The van der Waals surface area contributed by atoms with Crippen molar-refractivity contribution in [3.8, 4) is 5.69 Å². The summed E-state index contributed by atoms with van der Waals surface area (Å²) in [6.07, 6.45) is 1.73. The molecule has 5 heteroatoms.